The predicted octanol–water partition coefficient (Wildman–Crippen LogP) is 1.04. The molecule has 1 saturated heterocycles. The second kappa shape index (κ2) is 5.75. The van der Waals surface area contributed by atoms with E-state index in [1.807, 2.05) is 26.0 Å². The lowest BCUT2D eigenvalue weighted by molar-refractivity contribution is 0.0365. The molecule has 6 nitrogen and oxygen atoms in total. The van der Waals surface area contributed by atoms with Crippen molar-refractivity contribution < 1.29 is 9.53 Å². The summed E-state index contributed by atoms with van der Waals surface area (Å²) in [6, 6.07) is 0.227. The molecule has 2 heterocycles. The first-order valence-corrected chi connectivity index (χ1v) is 7.11. The average molecular weight is 284 g/mol. The van der Waals surface area contributed by atoms with Gasteiger partial charge in [0.05, 0.1) is 0 Å². The van der Waals surface area contributed by atoms with Crippen molar-refractivity contribution in [3.8, 4) is 0 Å². The van der Waals surface area contributed by atoms with Gasteiger partial charge in [0.2, 0.25) is 0 Å². The van der Waals surface area contributed by atoms with Crippen molar-refractivity contribution >= 4 is 28.2 Å². The van der Waals surface area contributed by atoms with Gasteiger partial charge in [0, 0.05) is 40.4 Å². The van der Waals surface area contributed by atoms with E-state index in [0.717, 1.165) is 18.0 Å². The second-order valence-corrected chi connectivity index (χ2v) is 5.84. The van der Waals surface area contributed by atoms with Gasteiger partial charge in [-0.1, -0.05) is 11.3 Å². The third-order valence-electron chi connectivity index (χ3n) is 3.28. The molecule has 0 saturated carbocycles. The number of aromatic nitrogens is 1. The van der Waals surface area contributed by atoms with E-state index in [0.29, 0.717) is 23.9 Å². The molecule has 0 unspecified atom stereocenters. The minimum atomic E-state index is -0.0463. The van der Waals surface area contributed by atoms with Gasteiger partial charge in [-0.15, -0.1) is 0 Å². The number of nitrogen functional groups attached to an aromatic ring is 1. The van der Waals surface area contributed by atoms with Gasteiger partial charge in [-0.05, 0) is 12.8 Å². The van der Waals surface area contributed by atoms with Crippen molar-refractivity contribution in [1.82, 2.24) is 9.88 Å². The molecule has 1 amide bonds. The summed E-state index contributed by atoms with van der Waals surface area (Å²) in [7, 11) is 5.59. The predicted molar refractivity (Wildman–Crippen MR) is 76.8 cm³/mol. The van der Waals surface area contributed by atoms with Crippen LogP contribution in [0.5, 0.6) is 0 Å². The Bertz CT molecular complexity index is 455. The molecule has 0 atom stereocenters. The summed E-state index contributed by atoms with van der Waals surface area (Å²) >= 11 is 1.34. The second-order valence-electron chi connectivity index (χ2n) is 4.86. The van der Waals surface area contributed by atoms with E-state index < -0.39 is 0 Å². The van der Waals surface area contributed by atoms with E-state index in [4.69, 9.17) is 10.5 Å². The topological polar surface area (TPSA) is 71.7 Å². The maximum atomic E-state index is 12.5. The lowest BCUT2D eigenvalue weighted by Crippen LogP contribution is -2.40. The quantitative estimate of drug-likeness (QED) is 0.898. The van der Waals surface area contributed by atoms with Crippen LogP contribution < -0.4 is 10.6 Å². The summed E-state index contributed by atoms with van der Waals surface area (Å²) in [6.07, 6.45) is 1.75. The van der Waals surface area contributed by atoms with E-state index in [9.17, 15) is 4.79 Å². The number of nitrogens with two attached hydrogens (primary N) is 1. The van der Waals surface area contributed by atoms with Gasteiger partial charge in [-0.2, -0.15) is 0 Å². The van der Waals surface area contributed by atoms with Crippen molar-refractivity contribution in [2.24, 2.45) is 0 Å². The molecule has 1 aromatic heterocycles. The van der Waals surface area contributed by atoms with Gasteiger partial charge < -0.3 is 20.3 Å². The number of hydrogen-bond donors (Lipinski definition) is 1. The Morgan fingerprint density at radius 3 is 2.53 bits per heavy atom. The summed E-state index contributed by atoms with van der Waals surface area (Å²) in [4.78, 5) is 20.8. The highest BCUT2D eigenvalue weighted by Crippen LogP contribution is 2.28. The molecule has 106 valence electrons. The highest BCUT2D eigenvalue weighted by Gasteiger charge is 2.26. The van der Waals surface area contributed by atoms with Crippen LogP contribution in [0.25, 0.3) is 0 Å². The fourth-order valence-electron chi connectivity index (χ4n) is 2.06. The number of ether oxygens (including phenoxy) is 1. The summed E-state index contributed by atoms with van der Waals surface area (Å²) in [5, 5.41) is 0.751. The fraction of sp³-hybridized carbons (Fsp3) is 0.667. The smallest absolute Gasteiger partial charge is 0.267 e. The molecule has 2 rings (SSSR count). The molecular formula is C12H20N4O2S. The van der Waals surface area contributed by atoms with Gasteiger partial charge in [-0.3, -0.25) is 4.79 Å². The normalized spacial score (nSPS) is 16.4. The lowest BCUT2D eigenvalue weighted by atomic mass is 10.1. The molecule has 0 spiro atoms. The minimum absolute atomic E-state index is 0.0463. The number of rotatable bonds is 3. The average Bonchev–Trinajstić information content (AvgIpc) is 2.80. The summed E-state index contributed by atoms with van der Waals surface area (Å²) in [5.41, 5.74) is 5.85. The van der Waals surface area contributed by atoms with Gasteiger partial charge in [0.15, 0.2) is 5.13 Å². The molecule has 2 N–H and O–H groups in total. The van der Waals surface area contributed by atoms with Crippen LogP contribution in [0.15, 0.2) is 0 Å². The molecule has 0 aliphatic carbocycles. The Morgan fingerprint density at radius 1 is 1.37 bits per heavy atom. The van der Waals surface area contributed by atoms with E-state index in [-0.39, 0.29) is 11.9 Å². The van der Waals surface area contributed by atoms with Crippen LogP contribution in [0.4, 0.5) is 10.9 Å². The minimum Gasteiger partial charge on any atom is -0.382 e. The third-order valence-corrected chi connectivity index (χ3v) is 4.50. The molecule has 0 radical (unpaired) electrons. The zero-order valence-electron chi connectivity index (χ0n) is 11.5. The van der Waals surface area contributed by atoms with Crippen LogP contribution in [0.1, 0.15) is 22.5 Å². The Hall–Kier alpha value is -1.34. The number of carbonyl (C=O) groups is 1. The molecule has 0 aromatic carbocycles. The summed E-state index contributed by atoms with van der Waals surface area (Å²) < 4.78 is 5.32. The number of carbonyl (C=O) groups excluding carboxylic acids is 1. The van der Waals surface area contributed by atoms with Crippen molar-refractivity contribution in [2.75, 3.05) is 45.0 Å². The van der Waals surface area contributed by atoms with E-state index >= 15 is 0 Å². The number of nitrogens with zero attached hydrogens (tertiary/aromatic N) is 3. The van der Waals surface area contributed by atoms with Crippen molar-refractivity contribution in [1.29, 1.82) is 0 Å². The van der Waals surface area contributed by atoms with Gasteiger partial charge in [-0.25, -0.2) is 4.98 Å². The molecule has 1 aliphatic heterocycles. The molecule has 1 fully saturated rings. The maximum Gasteiger partial charge on any atom is 0.267 e. The van der Waals surface area contributed by atoms with Crippen LogP contribution in [0, 0.1) is 0 Å². The molecule has 1 aliphatic rings. The van der Waals surface area contributed by atoms with E-state index in [2.05, 4.69) is 4.98 Å². The largest absolute Gasteiger partial charge is 0.382 e. The number of thiazole rings is 1. The molecular weight excluding hydrogens is 264 g/mol. The SMILES string of the molecule is CN(C)c1nc(N)c(C(=O)N(C)C2CCOCC2)s1. The van der Waals surface area contributed by atoms with E-state index in [1.54, 1.807) is 4.90 Å². The van der Waals surface area contributed by atoms with Crippen molar-refractivity contribution in [3.63, 3.8) is 0 Å². The lowest BCUT2D eigenvalue weighted by Gasteiger charge is -2.30. The Kier molecular flexibility index (Phi) is 4.26. The van der Waals surface area contributed by atoms with Crippen LogP contribution in [-0.2, 0) is 4.74 Å². The monoisotopic (exact) mass is 284 g/mol. The van der Waals surface area contributed by atoms with Gasteiger partial charge in [0.25, 0.3) is 5.91 Å². The van der Waals surface area contributed by atoms with Crippen LogP contribution in [0.3, 0.4) is 0 Å². The maximum absolute atomic E-state index is 12.5. The van der Waals surface area contributed by atoms with E-state index in [1.165, 1.54) is 11.3 Å². The summed E-state index contributed by atoms with van der Waals surface area (Å²) in [6.45, 7) is 1.42. The molecule has 1 aromatic rings. The summed E-state index contributed by atoms with van der Waals surface area (Å²) in [5.74, 6) is 0.271. The number of anilines is 2. The molecule has 19 heavy (non-hydrogen) atoms. The van der Waals surface area contributed by atoms with Crippen LogP contribution in [-0.4, -0.2) is 56.2 Å². The Balaban J connectivity index is 2.14. The Labute approximate surface area is 117 Å². The highest BCUT2D eigenvalue weighted by atomic mass is 32.1. The standard InChI is InChI=1S/C12H20N4O2S/c1-15(2)12-14-10(13)9(19-12)11(17)16(3)8-4-6-18-7-5-8/h8H,4-7,13H2,1-3H3. The number of hydrogen-bond acceptors (Lipinski definition) is 6. The van der Waals surface area contributed by atoms with Crippen molar-refractivity contribution in [2.45, 2.75) is 18.9 Å². The molecule has 0 bridgehead atoms. The zero-order valence-corrected chi connectivity index (χ0v) is 12.4. The third kappa shape index (κ3) is 2.98. The highest BCUT2D eigenvalue weighted by molar-refractivity contribution is 7.18. The molecule has 7 heteroatoms. The number of amides is 1. The first-order valence-electron chi connectivity index (χ1n) is 6.29. The van der Waals surface area contributed by atoms with Crippen molar-refractivity contribution in [3.05, 3.63) is 4.88 Å². The fourth-order valence-corrected chi connectivity index (χ4v) is 2.95. The van der Waals surface area contributed by atoms with Crippen LogP contribution >= 0.6 is 11.3 Å². The zero-order chi connectivity index (χ0) is 14.0. The Morgan fingerprint density at radius 2 is 2.00 bits per heavy atom. The first kappa shape index (κ1) is 14.1. The van der Waals surface area contributed by atoms with Gasteiger partial charge >= 0.3 is 0 Å². The first-order chi connectivity index (χ1) is 9.00. The van der Waals surface area contributed by atoms with Gasteiger partial charge in [0.1, 0.15) is 10.7 Å². The van der Waals surface area contributed by atoms with Crippen LogP contribution in [0.2, 0.25) is 0 Å².